The Morgan fingerprint density at radius 3 is 2.77 bits per heavy atom. The molecule has 10 heteroatoms. The monoisotopic (exact) mass is 394 g/mol. The van der Waals surface area contributed by atoms with Crippen LogP contribution in [0.15, 0.2) is 41.6 Å². The molecule has 1 aromatic carbocycles. The van der Waals surface area contributed by atoms with Gasteiger partial charge in [0.05, 0.1) is 40.3 Å². The van der Waals surface area contributed by atoms with Gasteiger partial charge in [-0.1, -0.05) is 6.07 Å². The van der Waals surface area contributed by atoms with Gasteiger partial charge in [-0.25, -0.2) is 16.8 Å². The van der Waals surface area contributed by atoms with E-state index in [4.69, 9.17) is 5.26 Å². The van der Waals surface area contributed by atoms with Crippen molar-refractivity contribution in [2.24, 2.45) is 7.05 Å². The molecular formula is C16H18N4O4S2. The third-order valence-corrected chi connectivity index (χ3v) is 7.91. The number of hydrogen-bond donors (Lipinski definition) is 0. The van der Waals surface area contributed by atoms with Crippen LogP contribution in [0.3, 0.4) is 0 Å². The van der Waals surface area contributed by atoms with Crippen LogP contribution in [0.25, 0.3) is 0 Å². The minimum absolute atomic E-state index is 0.0234. The standard InChI is InChI=1S/C16H18N4O4S2/c1-19-11-14(10-18-19)16-12-25(21,22)7-3-6-20(16)26(23,24)15-5-2-4-13(8-15)9-17/h2,4-5,8,10-11,16H,3,6-7,12H2,1H3. The summed E-state index contributed by atoms with van der Waals surface area (Å²) in [6.07, 6.45) is 3.33. The molecule has 1 aliphatic rings. The number of benzene rings is 1. The van der Waals surface area contributed by atoms with Gasteiger partial charge in [0.2, 0.25) is 10.0 Å². The lowest BCUT2D eigenvalue weighted by Gasteiger charge is -2.28. The third-order valence-electron chi connectivity index (χ3n) is 4.27. The fraction of sp³-hybridized carbons (Fsp3) is 0.375. The van der Waals surface area contributed by atoms with Crippen molar-refractivity contribution in [1.82, 2.24) is 14.1 Å². The van der Waals surface area contributed by atoms with Crippen molar-refractivity contribution in [3.05, 3.63) is 47.8 Å². The highest BCUT2D eigenvalue weighted by molar-refractivity contribution is 7.91. The zero-order valence-corrected chi connectivity index (χ0v) is 15.7. The zero-order valence-electron chi connectivity index (χ0n) is 14.1. The normalized spacial score (nSPS) is 21.0. The lowest BCUT2D eigenvalue weighted by Crippen LogP contribution is -2.36. The summed E-state index contributed by atoms with van der Waals surface area (Å²) in [6, 6.07) is 6.80. The number of hydrogen-bond acceptors (Lipinski definition) is 6. The highest BCUT2D eigenvalue weighted by atomic mass is 32.2. The molecule has 0 saturated carbocycles. The molecule has 0 spiro atoms. The Bertz CT molecular complexity index is 1070. The van der Waals surface area contributed by atoms with Crippen molar-refractivity contribution in [3.63, 3.8) is 0 Å². The number of sulfonamides is 1. The van der Waals surface area contributed by atoms with E-state index in [-0.39, 0.29) is 34.9 Å². The Labute approximate surface area is 152 Å². The molecule has 2 heterocycles. The number of nitriles is 1. The van der Waals surface area contributed by atoms with E-state index in [1.165, 1.54) is 39.4 Å². The molecule has 8 nitrogen and oxygen atoms in total. The third kappa shape index (κ3) is 3.65. The van der Waals surface area contributed by atoms with E-state index in [0.717, 1.165) is 0 Å². The number of rotatable bonds is 3. The molecule has 1 fully saturated rings. The van der Waals surface area contributed by atoms with Crippen LogP contribution in [0, 0.1) is 11.3 Å². The average Bonchev–Trinajstić information content (AvgIpc) is 2.95. The van der Waals surface area contributed by atoms with Crippen molar-refractivity contribution < 1.29 is 16.8 Å². The molecular weight excluding hydrogens is 376 g/mol. The number of nitrogens with zero attached hydrogens (tertiary/aromatic N) is 4. The fourth-order valence-corrected chi connectivity index (χ4v) is 6.41. The van der Waals surface area contributed by atoms with Crippen LogP contribution in [0.4, 0.5) is 0 Å². The van der Waals surface area contributed by atoms with E-state index < -0.39 is 25.9 Å². The van der Waals surface area contributed by atoms with Gasteiger partial charge in [-0.3, -0.25) is 4.68 Å². The summed E-state index contributed by atoms with van der Waals surface area (Å²) in [7, 11) is -5.68. The van der Waals surface area contributed by atoms with Gasteiger partial charge in [0.15, 0.2) is 9.84 Å². The number of aromatic nitrogens is 2. The highest BCUT2D eigenvalue weighted by Crippen LogP contribution is 2.31. The smallest absolute Gasteiger partial charge is 0.243 e. The van der Waals surface area contributed by atoms with Gasteiger partial charge in [0.25, 0.3) is 0 Å². The van der Waals surface area contributed by atoms with E-state index in [9.17, 15) is 16.8 Å². The van der Waals surface area contributed by atoms with Gasteiger partial charge in [-0.2, -0.15) is 14.7 Å². The Balaban J connectivity index is 2.10. The fourth-order valence-electron chi connectivity index (χ4n) is 3.03. The SMILES string of the molecule is Cn1cc(C2CS(=O)(=O)CCCN2S(=O)(=O)c2cccc(C#N)c2)cn1. The van der Waals surface area contributed by atoms with Crippen molar-refractivity contribution in [2.75, 3.05) is 18.1 Å². The molecule has 1 saturated heterocycles. The van der Waals surface area contributed by atoms with Crippen LogP contribution in [0.5, 0.6) is 0 Å². The summed E-state index contributed by atoms with van der Waals surface area (Å²) in [6.45, 7) is 0.0813. The lowest BCUT2D eigenvalue weighted by atomic mass is 10.2. The summed E-state index contributed by atoms with van der Waals surface area (Å²) < 4.78 is 53.7. The van der Waals surface area contributed by atoms with Gasteiger partial charge in [0, 0.05) is 25.4 Å². The van der Waals surface area contributed by atoms with Crippen molar-refractivity contribution in [2.45, 2.75) is 17.4 Å². The molecule has 1 aromatic heterocycles. The predicted molar refractivity (Wildman–Crippen MR) is 94.3 cm³/mol. The zero-order chi connectivity index (χ0) is 18.9. The minimum Gasteiger partial charge on any atom is -0.275 e. The summed E-state index contributed by atoms with van der Waals surface area (Å²) in [5.74, 6) is -0.357. The van der Waals surface area contributed by atoms with Crippen molar-refractivity contribution in [1.29, 1.82) is 5.26 Å². The molecule has 26 heavy (non-hydrogen) atoms. The van der Waals surface area contributed by atoms with E-state index in [1.54, 1.807) is 13.2 Å². The number of sulfone groups is 1. The summed E-state index contributed by atoms with van der Waals surface area (Å²) in [4.78, 5) is -0.0234. The predicted octanol–water partition coefficient (Wildman–Crippen LogP) is 0.842. The van der Waals surface area contributed by atoms with Crippen LogP contribution < -0.4 is 0 Å². The van der Waals surface area contributed by atoms with E-state index >= 15 is 0 Å². The van der Waals surface area contributed by atoms with E-state index in [2.05, 4.69) is 5.10 Å². The first-order valence-electron chi connectivity index (χ1n) is 7.94. The average molecular weight is 394 g/mol. The van der Waals surface area contributed by atoms with Crippen molar-refractivity contribution in [3.8, 4) is 6.07 Å². The number of aryl methyl sites for hydroxylation is 1. The molecule has 1 aliphatic heterocycles. The first-order valence-corrected chi connectivity index (χ1v) is 11.2. The second-order valence-electron chi connectivity index (χ2n) is 6.19. The molecule has 0 radical (unpaired) electrons. The van der Waals surface area contributed by atoms with E-state index in [1.807, 2.05) is 6.07 Å². The van der Waals surface area contributed by atoms with Gasteiger partial charge < -0.3 is 0 Å². The Morgan fingerprint density at radius 1 is 1.35 bits per heavy atom. The second-order valence-corrected chi connectivity index (χ2v) is 10.3. The van der Waals surface area contributed by atoms with Crippen LogP contribution in [-0.2, 0) is 26.9 Å². The maximum absolute atomic E-state index is 13.2. The Hall–Kier alpha value is -2.22. The summed E-state index contributed by atoms with van der Waals surface area (Å²) in [5.41, 5.74) is 0.754. The van der Waals surface area contributed by atoms with Crippen LogP contribution >= 0.6 is 0 Å². The lowest BCUT2D eigenvalue weighted by molar-refractivity contribution is 0.351. The first-order chi connectivity index (χ1) is 12.2. The topological polar surface area (TPSA) is 113 Å². The summed E-state index contributed by atoms with van der Waals surface area (Å²) in [5, 5.41) is 13.1. The molecule has 1 atom stereocenters. The largest absolute Gasteiger partial charge is 0.275 e. The molecule has 0 amide bonds. The summed E-state index contributed by atoms with van der Waals surface area (Å²) >= 11 is 0. The van der Waals surface area contributed by atoms with Crippen LogP contribution in [0.1, 0.15) is 23.6 Å². The molecule has 0 bridgehead atoms. The second kappa shape index (κ2) is 6.83. The molecule has 0 N–H and O–H groups in total. The van der Waals surface area contributed by atoms with Gasteiger partial charge in [-0.05, 0) is 24.6 Å². The van der Waals surface area contributed by atoms with Gasteiger partial charge in [0.1, 0.15) is 0 Å². The molecule has 1 unspecified atom stereocenters. The Kier molecular flexibility index (Phi) is 4.88. The molecule has 3 rings (SSSR count). The maximum Gasteiger partial charge on any atom is 0.243 e. The van der Waals surface area contributed by atoms with Crippen LogP contribution in [0.2, 0.25) is 0 Å². The van der Waals surface area contributed by atoms with Gasteiger partial charge in [-0.15, -0.1) is 0 Å². The molecule has 138 valence electrons. The molecule has 0 aliphatic carbocycles. The van der Waals surface area contributed by atoms with Crippen molar-refractivity contribution >= 4 is 19.9 Å². The molecule has 2 aromatic rings. The quantitative estimate of drug-likeness (QED) is 0.762. The maximum atomic E-state index is 13.2. The van der Waals surface area contributed by atoms with Crippen LogP contribution in [-0.4, -0.2) is 49.0 Å². The van der Waals surface area contributed by atoms with E-state index in [0.29, 0.717) is 5.56 Å². The first kappa shape index (κ1) is 18.6. The minimum atomic E-state index is -3.98. The highest BCUT2D eigenvalue weighted by Gasteiger charge is 2.38. The van der Waals surface area contributed by atoms with Gasteiger partial charge >= 0.3 is 0 Å². The Morgan fingerprint density at radius 2 is 2.12 bits per heavy atom.